The Labute approximate surface area is 158 Å². The number of amides is 1. The molecule has 1 amide bonds. The highest BCUT2D eigenvalue weighted by atomic mass is 32.1. The Balaban J connectivity index is 1.87. The zero-order valence-electron chi connectivity index (χ0n) is 15.2. The number of thiophene rings is 1. The smallest absolute Gasteiger partial charge is 0.261 e. The third-order valence-electron chi connectivity index (χ3n) is 4.85. The molecule has 0 saturated carbocycles. The van der Waals surface area contributed by atoms with E-state index < -0.39 is 0 Å². The van der Waals surface area contributed by atoms with Gasteiger partial charge in [0, 0.05) is 12.0 Å². The van der Waals surface area contributed by atoms with Gasteiger partial charge in [0.1, 0.15) is 6.04 Å². The molecule has 1 aliphatic heterocycles. The number of quaternary nitrogens is 1. The molecule has 3 rings (SSSR count). The van der Waals surface area contributed by atoms with E-state index in [0.29, 0.717) is 6.54 Å². The summed E-state index contributed by atoms with van der Waals surface area (Å²) in [6.07, 6.45) is 2.91. The van der Waals surface area contributed by atoms with Crippen LogP contribution in [0, 0.1) is 0 Å². The molecule has 2 heterocycles. The average Bonchev–Trinajstić information content (AvgIpc) is 3.20. The second-order valence-electron chi connectivity index (χ2n) is 6.30. The van der Waals surface area contributed by atoms with Gasteiger partial charge >= 0.3 is 0 Å². The second kappa shape index (κ2) is 8.38. The molecule has 0 fully saturated rings. The van der Waals surface area contributed by atoms with Gasteiger partial charge in [0.2, 0.25) is 0 Å². The van der Waals surface area contributed by atoms with Gasteiger partial charge in [0.05, 0.1) is 38.7 Å². The minimum atomic E-state index is -0.0226. The van der Waals surface area contributed by atoms with E-state index in [4.69, 9.17) is 9.47 Å². The minimum Gasteiger partial charge on any atom is -0.493 e. The molecule has 1 aliphatic rings. The van der Waals surface area contributed by atoms with Crippen molar-refractivity contribution in [3.05, 3.63) is 58.3 Å². The van der Waals surface area contributed by atoms with E-state index in [-0.39, 0.29) is 11.9 Å². The van der Waals surface area contributed by atoms with Gasteiger partial charge in [-0.05, 0) is 35.2 Å². The van der Waals surface area contributed by atoms with Gasteiger partial charge in [-0.15, -0.1) is 11.3 Å². The summed E-state index contributed by atoms with van der Waals surface area (Å²) >= 11 is 1.45. The average molecular weight is 373 g/mol. The number of rotatable bonds is 7. The summed E-state index contributed by atoms with van der Waals surface area (Å²) < 4.78 is 10.9. The van der Waals surface area contributed by atoms with E-state index in [1.54, 1.807) is 14.2 Å². The molecule has 138 valence electrons. The predicted octanol–water partition coefficient (Wildman–Crippen LogP) is 1.86. The number of methoxy groups -OCH3 is 2. The van der Waals surface area contributed by atoms with Crippen LogP contribution < -0.4 is 19.7 Å². The van der Waals surface area contributed by atoms with Gasteiger partial charge in [-0.1, -0.05) is 12.6 Å². The second-order valence-corrected chi connectivity index (χ2v) is 7.24. The number of fused-ring (bicyclic) bond motifs is 1. The molecule has 2 atom stereocenters. The van der Waals surface area contributed by atoms with Crippen LogP contribution in [-0.4, -0.2) is 39.8 Å². The van der Waals surface area contributed by atoms with Crippen LogP contribution in [0.1, 0.15) is 26.8 Å². The van der Waals surface area contributed by atoms with Gasteiger partial charge in [0.25, 0.3) is 5.91 Å². The third-order valence-corrected chi connectivity index (χ3v) is 5.72. The lowest BCUT2D eigenvalue weighted by atomic mass is 9.91. The number of ether oxygens (including phenoxy) is 2. The third kappa shape index (κ3) is 3.76. The Morgan fingerprint density at radius 3 is 2.81 bits per heavy atom. The predicted molar refractivity (Wildman–Crippen MR) is 104 cm³/mol. The molecule has 0 spiro atoms. The van der Waals surface area contributed by atoms with Crippen molar-refractivity contribution < 1.29 is 19.2 Å². The summed E-state index contributed by atoms with van der Waals surface area (Å²) in [6.45, 7) is 6.31. The fourth-order valence-corrected chi connectivity index (χ4v) is 4.18. The fourth-order valence-electron chi connectivity index (χ4n) is 3.54. The maximum Gasteiger partial charge on any atom is 0.261 e. The van der Waals surface area contributed by atoms with Gasteiger partial charge in [0.15, 0.2) is 11.5 Å². The zero-order chi connectivity index (χ0) is 18.5. The lowest BCUT2D eigenvalue weighted by molar-refractivity contribution is -0.927. The van der Waals surface area contributed by atoms with Crippen molar-refractivity contribution in [2.24, 2.45) is 0 Å². The Bertz CT molecular complexity index is 774. The van der Waals surface area contributed by atoms with E-state index in [9.17, 15) is 4.79 Å². The first-order valence-electron chi connectivity index (χ1n) is 8.70. The van der Waals surface area contributed by atoms with Crippen LogP contribution in [0.3, 0.4) is 0 Å². The number of nitrogens with one attached hydrogen (secondary N) is 2. The Morgan fingerprint density at radius 1 is 1.38 bits per heavy atom. The van der Waals surface area contributed by atoms with Crippen molar-refractivity contribution in [3.8, 4) is 11.5 Å². The lowest BCUT2D eigenvalue weighted by Gasteiger charge is -2.34. The monoisotopic (exact) mass is 373 g/mol. The number of carbonyl (C=O) groups excluding carboxylic acids is 1. The topological polar surface area (TPSA) is 52.0 Å². The van der Waals surface area contributed by atoms with Crippen LogP contribution >= 0.6 is 11.3 Å². The highest BCUT2D eigenvalue weighted by Crippen LogP contribution is 2.34. The first-order chi connectivity index (χ1) is 12.7. The molecule has 2 N–H and O–H groups in total. The molecule has 26 heavy (non-hydrogen) atoms. The number of carbonyl (C=O) groups is 1. The van der Waals surface area contributed by atoms with Crippen LogP contribution in [0.5, 0.6) is 11.5 Å². The van der Waals surface area contributed by atoms with E-state index in [1.807, 2.05) is 23.6 Å². The molecule has 6 heteroatoms. The standard InChI is InChI=1S/C20H24N2O3S/c1-4-8-22-9-7-14-11-17(24-2)18(25-3)12-15(14)16(22)13-21-20(23)19-6-5-10-26-19/h4-6,10-12,16H,1,7-9,13H2,2-3H3,(H,21,23)/p+1/t16-/m1/s1. The van der Waals surface area contributed by atoms with Crippen molar-refractivity contribution in [2.75, 3.05) is 33.9 Å². The van der Waals surface area contributed by atoms with Gasteiger partial charge in [-0.25, -0.2) is 0 Å². The summed E-state index contributed by atoms with van der Waals surface area (Å²) in [4.78, 5) is 14.5. The van der Waals surface area contributed by atoms with E-state index in [2.05, 4.69) is 24.0 Å². The van der Waals surface area contributed by atoms with E-state index in [0.717, 1.165) is 35.9 Å². The largest absolute Gasteiger partial charge is 0.493 e. The normalized spacial score (nSPS) is 18.7. The maximum atomic E-state index is 12.4. The maximum absolute atomic E-state index is 12.4. The molecular weight excluding hydrogens is 348 g/mol. The van der Waals surface area contributed by atoms with Crippen LogP contribution in [0.2, 0.25) is 0 Å². The van der Waals surface area contributed by atoms with Crippen LogP contribution in [0.25, 0.3) is 0 Å². The quantitative estimate of drug-likeness (QED) is 0.729. The SMILES string of the molecule is C=CC[NH+]1CCc2cc(OC)c(OC)cc2[C@H]1CNC(=O)c1cccs1. The summed E-state index contributed by atoms with van der Waals surface area (Å²) in [5.41, 5.74) is 2.46. The van der Waals surface area contributed by atoms with Crippen molar-refractivity contribution in [3.63, 3.8) is 0 Å². The molecule has 1 aromatic heterocycles. The van der Waals surface area contributed by atoms with Crippen molar-refractivity contribution in [1.29, 1.82) is 0 Å². The van der Waals surface area contributed by atoms with Gasteiger partial charge < -0.3 is 19.7 Å². The summed E-state index contributed by atoms with van der Waals surface area (Å²) in [7, 11) is 3.30. The highest BCUT2D eigenvalue weighted by Gasteiger charge is 2.32. The Hall–Kier alpha value is -2.31. The zero-order valence-corrected chi connectivity index (χ0v) is 16.0. The molecule has 1 aromatic carbocycles. The first-order valence-corrected chi connectivity index (χ1v) is 9.57. The Kier molecular flexibility index (Phi) is 5.96. The fraction of sp³-hybridized carbons (Fsp3) is 0.350. The summed E-state index contributed by atoms with van der Waals surface area (Å²) in [6, 6.07) is 8.00. The molecule has 2 aromatic rings. The Morgan fingerprint density at radius 2 is 2.15 bits per heavy atom. The molecule has 0 radical (unpaired) electrons. The van der Waals surface area contributed by atoms with Gasteiger partial charge in [-0.2, -0.15) is 0 Å². The number of benzene rings is 1. The van der Waals surface area contributed by atoms with E-state index >= 15 is 0 Å². The van der Waals surface area contributed by atoms with Crippen molar-refractivity contribution in [2.45, 2.75) is 12.5 Å². The first kappa shape index (κ1) is 18.5. The molecule has 0 bridgehead atoms. The van der Waals surface area contributed by atoms with Crippen molar-refractivity contribution >= 4 is 17.2 Å². The van der Waals surface area contributed by atoms with Crippen LogP contribution in [0.15, 0.2) is 42.3 Å². The molecule has 0 aliphatic carbocycles. The molecule has 1 unspecified atom stereocenters. The highest BCUT2D eigenvalue weighted by molar-refractivity contribution is 7.12. The van der Waals surface area contributed by atoms with E-state index in [1.165, 1.54) is 27.4 Å². The minimum absolute atomic E-state index is 0.0226. The molecule has 5 nitrogen and oxygen atoms in total. The summed E-state index contributed by atoms with van der Waals surface area (Å²) in [5.74, 6) is 1.45. The van der Waals surface area contributed by atoms with Crippen LogP contribution in [0.4, 0.5) is 0 Å². The van der Waals surface area contributed by atoms with Gasteiger partial charge in [-0.3, -0.25) is 4.79 Å². The van der Waals surface area contributed by atoms with Crippen molar-refractivity contribution in [1.82, 2.24) is 5.32 Å². The summed E-state index contributed by atoms with van der Waals surface area (Å²) in [5, 5.41) is 5.01. The number of hydrogen-bond donors (Lipinski definition) is 2. The molecular formula is C20H25N2O3S+. The lowest BCUT2D eigenvalue weighted by Crippen LogP contribution is -3.13. The number of hydrogen-bond acceptors (Lipinski definition) is 4. The molecule has 0 saturated heterocycles. The van der Waals surface area contributed by atoms with Crippen LogP contribution in [-0.2, 0) is 6.42 Å².